The van der Waals surface area contributed by atoms with E-state index in [4.69, 9.17) is 0 Å². The standard InChI is InChI=1S/C16H14F3N5OS/c1-23-11-5-3-2-4-9(11)20-14(23)22-15-21-10-6-7-24(8-12(10)26-15)13(25)16(17,18)19/h2-5H,6-8H2,1H3,(H,20,21,22). The summed E-state index contributed by atoms with van der Waals surface area (Å²) < 4.78 is 39.7. The van der Waals surface area contributed by atoms with E-state index in [1.807, 2.05) is 35.9 Å². The van der Waals surface area contributed by atoms with Crippen LogP contribution in [0.5, 0.6) is 0 Å². The maximum absolute atomic E-state index is 12.6. The van der Waals surface area contributed by atoms with Crippen LogP contribution in [-0.4, -0.2) is 38.1 Å². The van der Waals surface area contributed by atoms with Gasteiger partial charge < -0.3 is 14.8 Å². The van der Waals surface area contributed by atoms with Crippen molar-refractivity contribution in [2.75, 3.05) is 11.9 Å². The molecule has 10 heteroatoms. The molecular formula is C16H14F3N5OS. The molecule has 3 aromatic rings. The van der Waals surface area contributed by atoms with E-state index in [1.54, 1.807) is 0 Å². The second-order valence-electron chi connectivity index (χ2n) is 5.97. The van der Waals surface area contributed by atoms with Crippen molar-refractivity contribution < 1.29 is 18.0 Å². The predicted octanol–water partition coefficient (Wildman–Crippen LogP) is 3.22. The van der Waals surface area contributed by atoms with Crippen molar-refractivity contribution in [3.8, 4) is 0 Å². The summed E-state index contributed by atoms with van der Waals surface area (Å²) in [6.45, 7) is -0.0592. The molecule has 0 saturated carbocycles. The van der Waals surface area contributed by atoms with Gasteiger partial charge in [-0.1, -0.05) is 23.5 Å². The largest absolute Gasteiger partial charge is 0.471 e. The monoisotopic (exact) mass is 381 g/mol. The lowest BCUT2D eigenvalue weighted by Gasteiger charge is -2.26. The second kappa shape index (κ2) is 5.97. The van der Waals surface area contributed by atoms with Crippen molar-refractivity contribution in [2.45, 2.75) is 19.1 Å². The number of nitrogens with zero attached hydrogens (tertiary/aromatic N) is 4. The number of carbonyl (C=O) groups is 1. The molecule has 0 spiro atoms. The van der Waals surface area contributed by atoms with Gasteiger partial charge >= 0.3 is 12.1 Å². The van der Waals surface area contributed by atoms with Gasteiger partial charge in [0.15, 0.2) is 5.13 Å². The van der Waals surface area contributed by atoms with Crippen LogP contribution in [0, 0.1) is 0 Å². The molecule has 136 valence electrons. The molecule has 2 aromatic heterocycles. The first-order valence-corrected chi connectivity index (χ1v) is 8.68. The van der Waals surface area contributed by atoms with E-state index >= 15 is 0 Å². The van der Waals surface area contributed by atoms with E-state index in [9.17, 15) is 18.0 Å². The molecule has 26 heavy (non-hydrogen) atoms. The van der Waals surface area contributed by atoms with E-state index in [0.29, 0.717) is 22.4 Å². The summed E-state index contributed by atoms with van der Waals surface area (Å²) in [5.41, 5.74) is 2.52. The number of carbonyl (C=O) groups excluding carboxylic acids is 1. The molecule has 0 fully saturated rings. The molecule has 4 rings (SSSR count). The van der Waals surface area contributed by atoms with Crippen LogP contribution in [-0.2, 0) is 24.8 Å². The number of amides is 1. The van der Waals surface area contributed by atoms with Gasteiger partial charge in [-0.15, -0.1) is 0 Å². The number of thiazole rings is 1. The quantitative estimate of drug-likeness (QED) is 0.740. The Morgan fingerprint density at radius 2 is 2.04 bits per heavy atom. The molecule has 6 nitrogen and oxygen atoms in total. The maximum Gasteiger partial charge on any atom is 0.471 e. The van der Waals surface area contributed by atoms with Gasteiger partial charge in [-0.25, -0.2) is 9.97 Å². The first kappa shape index (κ1) is 16.8. The third-order valence-corrected chi connectivity index (χ3v) is 5.26. The Balaban J connectivity index is 1.56. The Hall–Kier alpha value is -2.62. The van der Waals surface area contributed by atoms with Gasteiger partial charge in [-0.05, 0) is 12.1 Å². The number of aromatic nitrogens is 3. The Morgan fingerprint density at radius 1 is 1.27 bits per heavy atom. The second-order valence-corrected chi connectivity index (χ2v) is 7.06. The van der Waals surface area contributed by atoms with Crippen LogP contribution < -0.4 is 5.32 Å². The lowest BCUT2D eigenvalue weighted by molar-refractivity contribution is -0.186. The van der Waals surface area contributed by atoms with Crippen LogP contribution in [0.1, 0.15) is 10.6 Å². The Kier molecular flexibility index (Phi) is 3.87. The molecule has 1 aromatic carbocycles. The number of benzene rings is 1. The van der Waals surface area contributed by atoms with E-state index in [-0.39, 0.29) is 13.1 Å². The molecule has 0 radical (unpaired) electrons. The van der Waals surface area contributed by atoms with Crippen LogP contribution in [0.3, 0.4) is 0 Å². The topological polar surface area (TPSA) is 63.1 Å². The number of hydrogen-bond donors (Lipinski definition) is 1. The average molecular weight is 381 g/mol. The van der Waals surface area contributed by atoms with E-state index < -0.39 is 12.1 Å². The summed E-state index contributed by atoms with van der Waals surface area (Å²) in [5, 5.41) is 3.68. The Labute approximate surface area is 150 Å². The molecule has 0 unspecified atom stereocenters. The van der Waals surface area contributed by atoms with E-state index in [0.717, 1.165) is 21.6 Å². The SMILES string of the molecule is Cn1c(Nc2nc3c(s2)CN(C(=O)C(F)(F)F)CC3)nc2ccccc21. The third kappa shape index (κ3) is 2.90. The minimum absolute atomic E-state index is 0.0147. The summed E-state index contributed by atoms with van der Waals surface area (Å²) in [7, 11) is 1.87. The average Bonchev–Trinajstić information content (AvgIpc) is 3.14. The van der Waals surface area contributed by atoms with E-state index in [1.165, 1.54) is 11.3 Å². The zero-order chi connectivity index (χ0) is 18.5. The highest BCUT2D eigenvalue weighted by Crippen LogP contribution is 2.32. The molecule has 1 aliphatic rings. The number of rotatable bonds is 2. The van der Waals surface area contributed by atoms with Crippen LogP contribution >= 0.6 is 11.3 Å². The summed E-state index contributed by atoms with van der Waals surface area (Å²) in [4.78, 5) is 21.9. The van der Waals surface area contributed by atoms with Crippen LogP contribution in [0.15, 0.2) is 24.3 Å². The number of hydrogen-bond acceptors (Lipinski definition) is 5. The Morgan fingerprint density at radius 3 is 2.77 bits per heavy atom. The maximum atomic E-state index is 12.6. The molecule has 0 bridgehead atoms. The summed E-state index contributed by atoms with van der Waals surface area (Å²) in [6, 6.07) is 7.66. The van der Waals surface area contributed by atoms with Crippen molar-refractivity contribution in [3.05, 3.63) is 34.8 Å². The molecule has 3 heterocycles. The first-order valence-electron chi connectivity index (χ1n) is 7.86. The van der Waals surface area contributed by atoms with Crippen molar-refractivity contribution in [1.82, 2.24) is 19.4 Å². The summed E-state index contributed by atoms with van der Waals surface area (Å²) in [5.74, 6) is -1.21. The molecule has 1 N–H and O–H groups in total. The van der Waals surface area contributed by atoms with Crippen LogP contribution in [0.4, 0.5) is 24.3 Å². The smallest absolute Gasteiger partial charge is 0.329 e. The summed E-state index contributed by atoms with van der Waals surface area (Å²) in [6.07, 6.45) is -4.55. The highest BCUT2D eigenvalue weighted by molar-refractivity contribution is 7.15. The van der Waals surface area contributed by atoms with Crippen LogP contribution in [0.2, 0.25) is 0 Å². The normalized spacial score (nSPS) is 14.5. The van der Waals surface area contributed by atoms with Crippen molar-refractivity contribution in [1.29, 1.82) is 0 Å². The number of para-hydroxylation sites is 2. The fraction of sp³-hybridized carbons (Fsp3) is 0.312. The minimum Gasteiger partial charge on any atom is -0.329 e. The van der Waals surface area contributed by atoms with Gasteiger partial charge in [-0.3, -0.25) is 4.79 Å². The van der Waals surface area contributed by atoms with E-state index in [2.05, 4.69) is 15.3 Å². The predicted molar refractivity (Wildman–Crippen MR) is 91.3 cm³/mol. The van der Waals surface area contributed by atoms with Gasteiger partial charge in [0.05, 0.1) is 23.3 Å². The molecule has 0 saturated heterocycles. The van der Waals surface area contributed by atoms with Crippen molar-refractivity contribution in [2.24, 2.45) is 7.05 Å². The van der Waals surface area contributed by atoms with Gasteiger partial charge in [0.1, 0.15) is 0 Å². The fourth-order valence-electron chi connectivity index (χ4n) is 2.95. The first-order chi connectivity index (χ1) is 12.3. The van der Waals surface area contributed by atoms with Crippen molar-refractivity contribution in [3.63, 3.8) is 0 Å². The zero-order valence-electron chi connectivity index (χ0n) is 13.7. The fourth-order valence-corrected chi connectivity index (χ4v) is 3.97. The number of anilines is 2. The number of alkyl halides is 3. The lowest BCUT2D eigenvalue weighted by atomic mass is 10.2. The summed E-state index contributed by atoms with van der Waals surface area (Å²) >= 11 is 1.24. The number of fused-ring (bicyclic) bond motifs is 2. The molecule has 1 amide bonds. The number of nitrogens with one attached hydrogen (secondary N) is 1. The molecule has 0 atom stereocenters. The molecule has 1 aliphatic heterocycles. The number of aryl methyl sites for hydroxylation is 1. The highest BCUT2D eigenvalue weighted by atomic mass is 32.1. The van der Waals surface area contributed by atoms with Gasteiger partial charge in [-0.2, -0.15) is 13.2 Å². The van der Waals surface area contributed by atoms with Crippen LogP contribution in [0.25, 0.3) is 11.0 Å². The third-order valence-electron chi connectivity index (χ3n) is 4.27. The lowest BCUT2D eigenvalue weighted by Crippen LogP contribution is -2.43. The van der Waals surface area contributed by atoms with Gasteiger partial charge in [0.25, 0.3) is 0 Å². The Bertz CT molecular complexity index is 994. The highest BCUT2D eigenvalue weighted by Gasteiger charge is 2.43. The number of imidazole rings is 1. The van der Waals surface area contributed by atoms with Gasteiger partial charge in [0.2, 0.25) is 5.95 Å². The molecular weight excluding hydrogens is 367 g/mol. The van der Waals surface area contributed by atoms with Gasteiger partial charge in [0, 0.05) is 24.9 Å². The molecule has 0 aliphatic carbocycles. The minimum atomic E-state index is -4.85. The number of halogens is 3. The van der Waals surface area contributed by atoms with Crippen molar-refractivity contribution >= 4 is 39.4 Å². The zero-order valence-corrected chi connectivity index (χ0v) is 14.5.